The van der Waals surface area contributed by atoms with Crippen LogP contribution in [0.3, 0.4) is 0 Å². The molecule has 0 spiro atoms. The van der Waals surface area contributed by atoms with Gasteiger partial charge in [0.25, 0.3) is 0 Å². The van der Waals surface area contributed by atoms with E-state index in [2.05, 4.69) is 27.8 Å². The van der Waals surface area contributed by atoms with Crippen LogP contribution in [-0.4, -0.2) is 42.6 Å². The van der Waals surface area contributed by atoms with Gasteiger partial charge in [-0.1, -0.05) is 6.07 Å². The van der Waals surface area contributed by atoms with Gasteiger partial charge in [-0.2, -0.15) is 0 Å². The van der Waals surface area contributed by atoms with Gasteiger partial charge in [-0.3, -0.25) is 9.59 Å². The smallest absolute Gasteiger partial charge is 0.324 e. The third-order valence-corrected chi connectivity index (χ3v) is 4.15. The zero-order valence-electron chi connectivity index (χ0n) is 14.8. The van der Waals surface area contributed by atoms with Gasteiger partial charge in [0.15, 0.2) is 0 Å². The SMILES string of the molecule is CCOC(=O)C(N)CNC(=O)CCCCc1ccc2c(n1)NCCC2. The molecular weight excluding hydrogens is 320 g/mol. The summed E-state index contributed by atoms with van der Waals surface area (Å²) in [7, 11) is 0. The molecule has 2 rings (SSSR count). The van der Waals surface area contributed by atoms with E-state index in [1.807, 2.05) is 0 Å². The number of aromatic nitrogens is 1. The molecule has 1 aliphatic heterocycles. The Morgan fingerprint density at radius 1 is 1.40 bits per heavy atom. The predicted octanol–water partition coefficient (Wildman–Crippen LogP) is 1.16. The van der Waals surface area contributed by atoms with Gasteiger partial charge in [0.1, 0.15) is 11.9 Å². The van der Waals surface area contributed by atoms with E-state index >= 15 is 0 Å². The van der Waals surface area contributed by atoms with Crippen molar-refractivity contribution >= 4 is 17.7 Å². The van der Waals surface area contributed by atoms with Crippen LogP contribution >= 0.6 is 0 Å². The van der Waals surface area contributed by atoms with Crippen LogP contribution in [0.4, 0.5) is 5.82 Å². The number of nitrogens with one attached hydrogen (secondary N) is 2. The van der Waals surface area contributed by atoms with E-state index in [1.54, 1.807) is 6.92 Å². The highest BCUT2D eigenvalue weighted by Crippen LogP contribution is 2.20. The average Bonchev–Trinajstić information content (AvgIpc) is 2.63. The maximum absolute atomic E-state index is 11.8. The van der Waals surface area contributed by atoms with E-state index in [1.165, 1.54) is 5.56 Å². The molecule has 1 atom stereocenters. The van der Waals surface area contributed by atoms with E-state index in [-0.39, 0.29) is 19.1 Å². The minimum absolute atomic E-state index is 0.0974. The van der Waals surface area contributed by atoms with Crippen LogP contribution in [0.5, 0.6) is 0 Å². The molecule has 1 aromatic rings. The predicted molar refractivity (Wildman–Crippen MR) is 96.2 cm³/mol. The average molecular weight is 348 g/mol. The number of unbranched alkanes of at least 4 members (excludes halogenated alkanes) is 1. The molecule has 1 aliphatic rings. The first kappa shape index (κ1) is 19.2. The lowest BCUT2D eigenvalue weighted by Crippen LogP contribution is -2.43. The second-order valence-electron chi connectivity index (χ2n) is 6.21. The summed E-state index contributed by atoms with van der Waals surface area (Å²) in [5.74, 6) is 0.421. The summed E-state index contributed by atoms with van der Waals surface area (Å²) >= 11 is 0. The molecule has 1 amide bonds. The highest BCUT2D eigenvalue weighted by atomic mass is 16.5. The minimum atomic E-state index is -0.809. The lowest BCUT2D eigenvalue weighted by molar-refractivity contribution is -0.144. The molecule has 0 radical (unpaired) electrons. The van der Waals surface area contributed by atoms with Crippen molar-refractivity contribution in [3.63, 3.8) is 0 Å². The third-order valence-electron chi connectivity index (χ3n) is 4.15. The number of hydrogen-bond acceptors (Lipinski definition) is 6. The Balaban J connectivity index is 1.62. The van der Waals surface area contributed by atoms with Crippen molar-refractivity contribution in [3.05, 3.63) is 23.4 Å². The van der Waals surface area contributed by atoms with Crippen molar-refractivity contribution in [2.24, 2.45) is 5.73 Å². The van der Waals surface area contributed by atoms with E-state index in [0.717, 1.165) is 50.2 Å². The fraction of sp³-hybridized carbons (Fsp3) is 0.611. The molecule has 1 unspecified atom stereocenters. The molecule has 7 heteroatoms. The van der Waals surface area contributed by atoms with Gasteiger partial charge in [-0.25, -0.2) is 4.98 Å². The first-order valence-electron chi connectivity index (χ1n) is 9.01. The number of esters is 1. The van der Waals surface area contributed by atoms with Crippen LogP contribution in [0, 0.1) is 0 Å². The summed E-state index contributed by atoms with van der Waals surface area (Å²) in [4.78, 5) is 27.8. The maximum atomic E-state index is 11.8. The Kier molecular flexibility index (Phi) is 7.66. The molecule has 0 bridgehead atoms. The second-order valence-corrected chi connectivity index (χ2v) is 6.21. The van der Waals surface area contributed by atoms with Crippen molar-refractivity contribution in [1.82, 2.24) is 10.3 Å². The van der Waals surface area contributed by atoms with Gasteiger partial charge in [0, 0.05) is 25.2 Å². The Hall–Kier alpha value is -2.15. The largest absolute Gasteiger partial charge is 0.465 e. The molecule has 138 valence electrons. The minimum Gasteiger partial charge on any atom is -0.465 e. The molecule has 4 N–H and O–H groups in total. The monoisotopic (exact) mass is 348 g/mol. The fourth-order valence-electron chi connectivity index (χ4n) is 2.74. The number of pyridine rings is 1. The standard InChI is InChI=1S/C18H28N4O3/c1-2-25-18(24)15(19)12-21-16(23)8-4-3-7-14-10-9-13-6-5-11-20-17(13)22-14/h9-10,15H,2-8,11-12,19H2,1H3,(H,20,22)(H,21,23). The van der Waals surface area contributed by atoms with Gasteiger partial charge in [-0.05, 0) is 50.7 Å². The topological polar surface area (TPSA) is 106 Å². The number of fused-ring (bicyclic) bond motifs is 1. The highest BCUT2D eigenvalue weighted by molar-refractivity contribution is 5.79. The van der Waals surface area contributed by atoms with Crippen molar-refractivity contribution in [2.45, 2.75) is 51.5 Å². The molecule has 0 saturated heterocycles. The lowest BCUT2D eigenvalue weighted by Gasteiger charge is -2.17. The first-order valence-corrected chi connectivity index (χ1v) is 9.01. The van der Waals surface area contributed by atoms with Gasteiger partial charge in [-0.15, -0.1) is 0 Å². The number of ether oxygens (including phenoxy) is 1. The number of carbonyl (C=O) groups is 2. The third kappa shape index (κ3) is 6.34. The van der Waals surface area contributed by atoms with Crippen LogP contribution in [0.1, 0.15) is 43.9 Å². The molecule has 0 fully saturated rings. The number of aryl methyl sites for hydroxylation is 2. The van der Waals surface area contributed by atoms with Crippen LogP contribution < -0.4 is 16.4 Å². The molecule has 0 aliphatic carbocycles. The maximum Gasteiger partial charge on any atom is 0.324 e. The number of rotatable bonds is 9. The Bertz CT molecular complexity index is 592. The summed E-state index contributed by atoms with van der Waals surface area (Å²) in [5.41, 5.74) is 7.97. The summed E-state index contributed by atoms with van der Waals surface area (Å²) in [6.45, 7) is 3.09. The molecule has 25 heavy (non-hydrogen) atoms. The summed E-state index contributed by atoms with van der Waals surface area (Å²) in [5, 5.41) is 6.00. The van der Waals surface area contributed by atoms with Gasteiger partial charge in [0.2, 0.25) is 5.91 Å². The van der Waals surface area contributed by atoms with Gasteiger partial charge < -0.3 is 21.1 Å². The van der Waals surface area contributed by atoms with Gasteiger partial charge in [0.05, 0.1) is 6.61 Å². The fourth-order valence-corrected chi connectivity index (χ4v) is 2.74. The molecular formula is C18H28N4O3. The van der Waals surface area contributed by atoms with Crippen LogP contribution in [-0.2, 0) is 27.2 Å². The number of hydrogen-bond donors (Lipinski definition) is 3. The Morgan fingerprint density at radius 3 is 3.04 bits per heavy atom. The number of carbonyl (C=O) groups excluding carboxylic acids is 2. The van der Waals surface area contributed by atoms with Crippen molar-refractivity contribution in [1.29, 1.82) is 0 Å². The molecule has 7 nitrogen and oxygen atoms in total. The molecule has 1 aromatic heterocycles. The summed E-state index contributed by atoms with van der Waals surface area (Å²) < 4.78 is 4.80. The van der Waals surface area contributed by atoms with Crippen molar-refractivity contribution in [2.75, 3.05) is 25.0 Å². The Morgan fingerprint density at radius 2 is 2.24 bits per heavy atom. The van der Waals surface area contributed by atoms with Crippen LogP contribution in [0.2, 0.25) is 0 Å². The number of amides is 1. The highest BCUT2D eigenvalue weighted by Gasteiger charge is 2.15. The summed E-state index contributed by atoms with van der Waals surface area (Å²) in [6, 6.07) is 3.41. The number of nitrogens with zero attached hydrogens (tertiary/aromatic N) is 1. The van der Waals surface area contributed by atoms with Crippen LogP contribution in [0.15, 0.2) is 12.1 Å². The zero-order chi connectivity index (χ0) is 18.1. The summed E-state index contributed by atoms with van der Waals surface area (Å²) in [6.07, 6.45) is 5.17. The number of nitrogens with two attached hydrogens (primary N) is 1. The first-order chi connectivity index (χ1) is 12.1. The molecule has 2 heterocycles. The van der Waals surface area contributed by atoms with Crippen LogP contribution in [0.25, 0.3) is 0 Å². The van der Waals surface area contributed by atoms with E-state index in [9.17, 15) is 9.59 Å². The quantitative estimate of drug-likeness (QED) is 0.457. The Labute approximate surface area is 148 Å². The van der Waals surface area contributed by atoms with E-state index in [4.69, 9.17) is 10.5 Å². The molecule has 0 saturated carbocycles. The number of anilines is 1. The lowest BCUT2D eigenvalue weighted by atomic mass is 10.1. The van der Waals surface area contributed by atoms with Crippen molar-refractivity contribution in [3.8, 4) is 0 Å². The van der Waals surface area contributed by atoms with E-state index < -0.39 is 12.0 Å². The zero-order valence-corrected chi connectivity index (χ0v) is 14.8. The van der Waals surface area contributed by atoms with Crippen molar-refractivity contribution < 1.29 is 14.3 Å². The normalized spacial score (nSPS) is 14.2. The van der Waals surface area contributed by atoms with E-state index in [0.29, 0.717) is 6.42 Å². The molecule has 0 aromatic carbocycles. The second kappa shape index (κ2) is 9.98. The van der Waals surface area contributed by atoms with Gasteiger partial charge >= 0.3 is 5.97 Å².